The number of nitrogens with zero attached hydrogens (tertiary/aromatic N) is 3. The molecule has 0 saturated carbocycles. The average Bonchev–Trinajstić information content (AvgIpc) is 2.94. The number of anilines is 2. The van der Waals surface area contributed by atoms with Gasteiger partial charge in [-0.1, -0.05) is 25.0 Å². The number of morpholine rings is 1. The van der Waals surface area contributed by atoms with Crippen LogP contribution < -0.4 is 25.4 Å². The summed E-state index contributed by atoms with van der Waals surface area (Å²) in [5.41, 5.74) is 8.20. The van der Waals surface area contributed by atoms with Gasteiger partial charge in [0.15, 0.2) is 6.61 Å². The van der Waals surface area contributed by atoms with E-state index in [9.17, 15) is 4.79 Å². The quantitative estimate of drug-likeness (QED) is 0.254. The Kier molecular flexibility index (Phi) is 10.3. The van der Waals surface area contributed by atoms with E-state index < -0.39 is 12.6 Å². The summed E-state index contributed by atoms with van der Waals surface area (Å²) >= 11 is 0. The summed E-state index contributed by atoms with van der Waals surface area (Å²) in [5, 5.41) is 13.4. The van der Waals surface area contributed by atoms with Gasteiger partial charge >= 0.3 is 5.97 Å². The highest BCUT2D eigenvalue weighted by molar-refractivity contribution is 5.96. The molecule has 0 spiro atoms. The molecule has 0 unspecified atom stereocenters. The number of unbranched alkanes of at least 4 members (excludes halogenated alkanes) is 3. The lowest BCUT2D eigenvalue weighted by atomic mass is 10.1. The molecule has 0 amide bonds. The molecule has 2 aromatic carbocycles. The zero-order valence-corrected chi connectivity index (χ0v) is 21.7. The number of carboxylic acid groups (broad SMARTS) is 1. The minimum Gasteiger partial charge on any atom is -0.494 e. The smallest absolute Gasteiger partial charge is 0.341 e. The molecule has 0 radical (unpaired) electrons. The monoisotopic (exact) mass is 523 g/mol. The highest BCUT2D eigenvalue weighted by Crippen LogP contribution is 2.34. The number of carbonyl (C=O) groups is 1. The Bertz CT molecular complexity index is 1190. The van der Waals surface area contributed by atoms with Crippen LogP contribution in [0.5, 0.6) is 11.5 Å². The third-order valence-corrected chi connectivity index (χ3v) is 6.39. The fourth-order valence-electron chi connectivity index (χ4n) is 4.42. The molecule has 1 aliphatic rings. The maximum Gasteiger partial charge on any atom is 0.341 e. The summed E-state index contributed by atoms with van der Waals surface area (Å²) in [6.45, 7) is 4.42. The van der Waals surface area contributed by atoms with Crippen LogP contribution in [0, 0.1) is 0 Å². The van der Waals surface area contributed by atoms with Crippen molar-refractivity contribution in [2.75, 3.05) is 62.8 Å². The SMILES string of the molecule is NCCCCCCOc1cccc(CCNc2ncnc3c(OCC(=O)O)cc(N4CCOCC4)cc23)c1. The predicted molar refractivity (Wildman–Crippen MR) is 147 cm³/mol. The van der Waals surface area contributed by atoms with Gasteiger partial charge in [0, 0.05) is 36.8 Å². The molecular formula is C28H37N5O5. The average molecular weight is 524 g/mol. The van der Waals surface area contributed by atoms with Crippen molar-refractivity contribution >= 4 is 28.4 Å². The number of aliphatic carboxylic acids is 1. The third kappa shape index (κ3) is 7.93. The summed E-state index contributed by atoms with van der Waals surface area (Å²) in [7, 11) is 0. The molecule has 0 bridgehead atoms. The van der Waals surface area contributed by atoms with Gasteiger partial charge in [-0.2, -0.15) is 0 Å². The highest BCUT2D eigenvalue weighted by atomic mass is 16.5. The van der Waals surface area contributed by atoms with Crippen molar-refractivity contribution in [1.82, 2.24) is 9.97 Å². The topological polar surface area (TPSA) is 132 Å². The van der Waals surface area contributed by atoms with Gasteiger partial charge in [-0.3, -0.25) is 0 Å². The predicted octanol–water partition coefficient (Wildman–Crippen LogP) is 3.48. The first-order chi connectivity index (χ1) is 18.6. The van der Waals surface area contributed by atoms with Gasteiger partial charge in [0.05, 0.1) is 19.8 Å². The van der Waals surface area contributed by atoms with E-state index in [0.717, 1.165) is 74.1 Å². The zero-order chi connectivity index (χ0) is 26.6. The first kappa shape index (κ1) is 27.4. The molecule has 38 heavy (non-hydrogen) atoms. The van der Waals surface area contributed by atoms with Crippen LogP contribution in [-0.2, 0) is 16.0 Å². The van der Waals surface area contributed by atoms with E-state index in [1.54, 1.807) is 0 Å². The number of rotatable bonds is 15. The number of benzene rings is 2. The molecule has 1 aliphatic heterocycles. The third-order valence-electron chi connectivity index (χ3n) is 6.39. The fraction of sp³-hybridized carbons (Fsp3) is 0.464. The first-order valence-electron chi connectivity index (χ1n) is 13.3. The number of hydrogen-bond donors (Lipinski definition) is 3. The van der Waals surface area contributed by atoms with Crippen LogP contribution in [0.4, 0.5) is 11.5 Å². The van der Waals surface area contributed by atoms with Gasteiger partial charge in [0.25, 0.3) is 0 Å². The Labute approximate surface area is 223 Å². The summed E-state index contributed by atoms with van der Waals surface area (Å²) in [4.78, 5) is 22.2. The van der Waals surface area contributed by atoms with Crippen molar-refractivity contribution in [3.05, 3.63) is 48.3 Å². The van der Waals surface area contributed by atoms with Gasteiger partial charge in [-0.05, 0) is 49.6 Å². The van der Waals surface area contributed by atoms with Crippen LogP contribution in [0.2, 0.25) is 0 Å². The molecule has 0 atom stereocenters. The van der Waals surface area contributed by atoms with Crippen molar-refractivity contribution in [2.24, 2.45) is 5.73 Å². The van der Waals surface area contributed by atoms with Crippen molar-refractivity contribution in [3.8, 4) is 11.5 Å². The van der Waals surface area contributed by atoms with E-state index in [-0.39, 0.29) is 0 Å². The number of ether oxygens (including phenoxy) is 3. The molecule has 0 aliphatic carbocycles. The van der Waals surface area contributed by atoms with E-state index in [1.807, 2.05) is 24.3 Å². The number of fused-ring (bicyclic) bond motifs is 1. The Morgan fingerprint density at radius 3 is 2.74 bits per heavy atom. The van der Waals surface area contributed by atoms with E-state index in [4.69, 9.17) is 25.1 Å². The van der Waals surface area contributed by atoms with Gasteiger partial charge < -0.3 is 35.3 Å². The van der Waals surface area contributed by atoms with Crippen LogP contribution >= 0.6 is 0 Å². The second-order valence-electron chi connectivity index (χ2n) is 9.22. The van der Waals surface area contributed by atoms with Gasteiger partial charge in [0.2, 0.25) is 0 Å². The summed E-state index contributed by atoms with van der Waals surface area (Å²) < 4.78 is 17.0. The maximum atomic E-state index is 11.2. The Morgan fingerprint density at radius 2 is 1.92 bits per heavy atom. The fourth-order valence-corrected chi connectivity index (χ4v) is 4.42. The lowest BCUT2D eigenvalue weighted by Crippen LogP contribution is -2.36. The maximum absolute atomic E-state index is 11.2. The molecule has 1 saturated heterocycles. The van der Waals surface area contributed by atoms with Crippen molar-refractivity contribution in [3.63, 3.8) is 0 Å². The summed E-state index contributed by atoms with van der Waals surface area (Å²) in [5.74, 6) is 0.934. The van der Waals surface area contributed by atoms with Gasteiger partial charge in [-0.25, -0.2) is 14.8 Å². The zero-order valence-electron chi connectivity index (χ0n) is 21.7. The standard InChI is InChI=1S/C28H37N5O5/c29-9-3-1-2-4-13-37-23-7-5-6-21(16-23)8-10-30-28-24-17-22(33-11-14-36-15-12-33)18-25(38-19-26(34)35)27(24)31-20-32-28/h5-7,16-18,20H,1-4,8-15,19,29H2,(H,34,35)(H,30,31,32). The Hall–Kier alpha value is -3.63. The Balaban J connectivity index is 1.43. The van der Waals surface area contributed by atoms with Crippen molar-refractivity contribution < 1.29 is 24.1 Å². The Morgan fingerprint density at radius 1 is 1.08 bits per heavy atom. The number of carboxylic acids is 1. The van der Waals surface area contributed by atoms with E-state index >= 15 is 0 Å². The second kappa shape index (κ2) is 14.3. The lowest BCUT2D eigenvalue weighted by Gasteiger charge is -2.29. The molecule has 10 nitrogen and oxygen atoms in total. The molecule has 204 valence electrons. The molecule has 3 aromatic rings. The van der Waals surface area contributed by atoms with Crippen LogP contribution in [0.3, 0.4) is 0 Å². The molecule has 1 fully saturated rings. The van der Waals surface area contributed by atoms with Crippen LogP contribution in [0.15, 0.2) is 42.7 Å². The second-order valence-corrected chi connectivity index (χ2v) is 9.22. The lowest BCUT2D eigenvalue weighted by molar-refractivity contribution is -0.139. The minimum atomic E-state index is -1.04. The highest BCUT2D eigenvalue weighted by Gasteiger charge is 2.17. The first-order valence-corrected chi connectivity index (χ1v) is 13.3. The number of aromatic nitrogens is 2. The van der Waals surface area contributed by atoms with Crippen LogP contribution in [-0.4, -0.2) is 73.7 Å². The normalized spacial score (nSPS) is 13.4. The minimum absolute atomic E-state index is 0.421. The number of nitrogens with one attached hydrogen (secondary N) is 1. The molecule has 10 heteroatoms. The van der Waals surface area contributed by atoms with Crippen LogP contribution in [0.1, 0.15) is 31.2 Å². The van der Waals surface area contributed by atoms with Gasteiger partial charge in [-0.15, -0.1) is 0 Å². The van der Waals surface area contributed by atoms with E-state index in [0.29, 0.717) is 43.4 Å². The molecular weight excluding hydrogens is 486 g/mol. The largest absolute Gasteiger partial charge is 0.494 e. The molecule has 2 heterocycles. The summed E-state index contributed by atoms with van der Waals surface area (Å²) in [6.07, 6.45) is 6.61. The van der Waals surface area contributed by atoms with Crippen molar-refractivity contribution in [2.45, 2.75) is 32.1 Å². The molecule has 4 rings (SSSR count). The molecule has 4 N–H and O–H groups in total. The van der Waals surface area contributed by atoms with Crippen LogP contribution in [0.25, 0.3) is 10.9 Å². The van der Waals surface area contributed by atoms with E-state index in [1.165, 1.54) is 6.33 Å². The number of hydrogen-bond acceptors (Lipinski definition) is 9. The van der Waals surface area contributed by atoms with E-state index in [2.05, 4.69) is 32.3 Å². The summed E-state index contributed by atoms with van der Waals surface area (Å²) in [6, 6.07) is 12.0. The van der Waals surface area contributed by atoms with Gasteiger partial charge in [0.1, 0.15) is 29.2 Å². The number of nitrogens with two attached hydrogens (primary N) is 1. The molecule has 1 aromatic heterocycles. The van der Waals surface area contributed by atoms with Crippen molar-refractivity contribution in [1.29, 1.82) is 0 Å².